The molecule has 2 heterocycles. The highest BCUT2D eigenvalue weighted by Gasteiger charge is 2.39. The van der Waals surface area contributed by atoms with Crippen LogP contribution in [0.3, 0.4) is 0 Å². The first-order chi connectivity index (χ1) is 25.9. The number of imidazole rings is 1. The molecule has 0 atom stereocenters. The summed E-state index contributed by atoms with van der Waals surface area (Å²) in [5.74, 6) is -1.68. The van der Waals surface area contributed by atoms with Gasteiger partial charge in [-0.25, -0.2) is 14.8 Å². The molecule has 2 aromatic carbocycles. The van der Waals surface area contributed by atoms with E-state index in [4.69, 9.17) is 27.7 Å². The average molecular weight is 824 g/mol. The highest BCUT2D eigenvalue weighted by molar-refractivity contribution is 5.94. The van der Waals surface area contributed by atoms with Crippen LogP contribution in [0.2, 0.25) is 0 Å². The Hall–Kier alpha value is -5.73. The van der Waals surface area contributed by atoms with Gasteiger partial charge in [0.1, 0.15) is 11.4 Å². The lowest BCUT2D eigenvalue weighted by molar-refractivity contribution is -0.167. The first kappa shape index (κ1) is 49.3. The number of amides is 2. The lowest BCUT2D eigenvalue weighted by Crippen LogP contribution is -2.32. The van der Waals surface area contributed by atoms with E-state index in [9.17, 15) is 49.1 Å². The number of hydrogen-bond donors (Lipinski definition) is 6. The number of alkyl halides is 9. The fourth-order valence-corrected chi connectivity index (χ4v) is 4.00. The number of anilines is 4. The van der Waals surface area contributed by atoms with Gasteiger partial charge in [0.15, 0.2) is 0 Å². The van der Waals surface area contributed by atoms with Crippen molar-refractivity contribution in [2.75, 3.05) is 29.1 Å². The van der Waals surface area contributed by atoms with Gasteiger partial charge in [0.05, 0.1) is 23.0 Å². The number of carbonyl (C=O) groups is 2. The van der Waals surface area contributed by atoms with Gasteiger partial charge in [-0.3, -0.25) is 4.79 Å². The minimum Gasteiger partial charge on any atom is -0.444 e. The van der Waals surface area contributed by atoms with Crippen molar-refractivity contribution in [3.05, 3.63) is 95.4 Å². The Morgan fingerprint density at radius 2 is 1.26 bits per heavy atom. The molecule has 4 rings (SSSR count). The molecule has 2 amide bonds. The van der Waals surface area contributed by atoms with E-state index in [0.29, 0.717) is 36.0 Å². The molecule has 0 saturated heterocycles. The van der Waals surface area contributed by atoms with Crippen LogP contribution in [0.5, 0.6) is 0 Å². The molecule has 12 nitrogen and oxygen atoms in total. The van der Waals surface area contributed by atoms with Crippen LogP contribution in [-0.4, -0.2) is 44.9 Å². The number of rotatable bonds is 5. The molecule has 0 aliphatic rings. The number of carbonyl (C=O) groups excluding carboxylic acids is 2. The maximum Gasteiger partial charge on any atom is 0.471 e. The van der Waals surface area contributed by atoms with Crippen molar-refractivity contribution in [3.8, 4) is 0 Å². The first-order valence-corrected chi connectivity index (χ1v) is 16.6. The predicted octanol–water partition coefficient (Wildman–Crippen LogP) is 7.90. The number of ether oxygens (including phenoxy) is 1. The van der Waals surface area contributed by atoms with Crippen molar-refractivity contribution in [1.82, 2.24) is 19.9 Å². The topological polar surface area (TPSA) is 202 Å². The predicted molar refractivity (Wildman–Crippen MR) is 198 cm³/mol. The molecule has 0 bridgehead atoms. The second-order valence-electron chi connectivity index (χ2n) is 13.8. The van der Waals surface area contributed by atoms with E-state index in [1.165, 1.54) is 12.1 Å². The minimum atomic E-state index is -4.91. The number of pyridine rings is 1. The number of nitrogens with one attached hydrogen (secondary N) is 2. The number of nitrogens with two attached hydrogens (primary N) is 4. The van der Waals surface area contributed by atoms with E-state index >= 15 is 0 Å². The van der Waals surface area contributed by atoms with Crippen molar-refractivity contribution in [2.24, 2.45) is 5.73 Å². The first-order valence-electron chi connectivity index (χ1n) is 16.6. The quantitative estimate of drug-likeness (QED) is 0.0855. The summed E-state index contributed by atoms with van der Waals surface area (Å²) in [4.78, 5) is 29.2. The zero-order chi connectivity index (χ0) is 44.0. The van der Waals surface area contributed by atoms with E-state index in [1.807, 2.05) is 43.7 Å². The summed E-state index contributed by atoms with van der Waals surface area (Å²) in [6.45, 7) is 12.2. The molecule has 316 valence electrons. The lowest BCUT2D eigenvalue weighted by Gasteiger charge is -2.21. The standard InChI is InChI=1S/C12H18N2O2.C10H9F6N.C7H6F3N3O.C7H13N3/c1-12(2,3)16-11(15)14-8-9-4-6-10(13)7-5-9;11-9(12,13)7-3-6(1-2-17)4-8(5-7)10(14,15)16;8-7(9,10)6(14)13-5-2-1-4(11)3-12-5;1-7(2,3)10-5-4-9-6(10)8/h4-7H,8,13H2,1-3H3,(H,14,15);3-5H,1-2,17H2;1-3H,11H2,(H,12,13,14);4-5H,1-3H3,(H2,8,9). The van der Waals surface area contributed by atoms with Gasteiger partial charge in [-0.2, -0.15) is 39.5 Å². The van der Waals surface area contributed by atoms with Crippen LogP contribution in [-0.2, 0) is 40.4 Å². The van der Waals surface area contributed by atoms with Crippen LogP contribution >= 0.6 is 0 Å². The Balaban J connectivity index is 0.000000386. The summed E-state index contributed by atoms with van der Waals surface area (Å²) in [7, 11) is 0. The number of aromatic nitrogens is 3. The summed E-state index contributed by atoms with van der Waals surface area (Å²) in [5, 5.41) is 4.25. The van der Waals surface area contributed by atoms with Gasteiger partial charge in [-0.15, -0.1) is 0 Å². The Morgan fingerprint density at radius 1 is 0.737 bits per heavy atom. The molecular weight excluding hydrogens is 777 g/mol. The second-order valence-corrected chi connectivity index (χ2v) is 13.8. The maximum atomic E-state index is 12.4. The Bertz CT molecular complexity index is 1820. The fourth-order valence-electron chi connectivity index (χ4n) is 4.00. The average Bonchev–Trinajstić information content (AvgIpc) is 3.51. The number of nitrogen functional groups attached to an aromatic ring is 3. The highest BCUT2D eigenvalue weighted by atomic mass is 19.4. The SMILES string of the molecule is CC(C)(C)OC(=O)NCc1ccc(N)cc1.CC(C)(C)n1ccnc1N.NCCc1cc(C(F)(F)F)cc(C(F)(F)F)c1.Nc1ccc(NC(=O)C(F)(F)F)nc1. The van der Waals surface area contributed by atoms with Gasteiger partial charge >= 0.3 is 30.5 Å². The molecule has 21 heteroatoms. The zero-order valence-electron chi connectivity index (χ0n) is 31.8. The molecule has 0 spiro atoms. The molecule has 57 heavy (non-hydrogen) atoms. The Labute approximate surface area is 323 Å². The Kier molecular flexibility index (Phi) is 17.7. The number of hydrogen-bond acceptors (Lipinski definition) is 9. The van der Waals surface area contributed by atoms with E-state index in [0.717, 1.165) is 11.8 Å². The van der Waals surface area contributed by atoms with E-state index in [-0.39, 0.29) is 36.0 Å². The van der Waals surface area contributed by atoms with Crippen molar-refractivity contribution in [1.29, 1.82) is 0 Å². The lowest BCUT2D eigenvalue weighted by atomic mass is 10.0. The van der Waals surface area contributed by atoms with Crippen LogP contribution in [0, 0.1) is 0 Å². The van der Waals surface area contributed by atoms with E-state index < -0.39 is 47.3 Å². The summed E-state index contributed by atoms with van der Waals surface area (Å²) in [6, 6.07) is 11.3. The number of halogens is 9. The van der Waals surface area contributed by atoms with Crippen molar-refractivity contribution >= 4 is 35.1 Å². The maximum absolute atomic E-state index is 12.4. The summed E-state index contributed by atoms with van der Waals surface area (Å²) < 4.78 is 117. The smallest absolute Gasteiger partial charge is 0.444 e. The van der Waals surface area contributed by atoms with Gasteiger partial charge < -0.3 is 42.9 Å². The molecule has 0 unspecified atom stereocenters. The van der Waals surface area contributed by atoms with Crippen molar-refractivity contribution < 1.29 is 53.8 Å². The summed E-state index contributed by atoms with van der Waals surface area (Å²) in [6.07, 6.45) is -10.2. The molecule has 0 fully saturated rings. The monoisotopic (exact) mass is 823 g/mol. The number of nitrogens with zero attached hydrogens (tertiary/aromatic N) is 3. The van der Waals surface area contributed by atoms with Crippen molar-refractivity contribution in [3.63, 3.8) is 0 Å². The van der Waals surface area contributed by atoms with Gasteiger partial charge in [-0.05, 0) is 108 Å². The fraction of sp³-hybridized carbons (Fsp3) is 0.389. The molecule has 4 aromatic rings. The molecular formula is C36H46F9N9O3. The third-order valence-electron chi connectivity index (χ3n) is 6.57. The van der Waals surface area contributed by atoms with Gasteiger partial charge in [-0.1, -0.05) is 12.1 Å². The zero-order valence-corrected chi connectivity index (χ0v) is 31.8. The molecule has 0 saturated carbocycles. The van der Waals surface area contributed by atoms with Crippen LogP contribution in [0.1, 0.15) is 63.8 Å². The van der Waals surface area contributed by atoms with Crippen LogP contribution < -0.4 is 33.6 Å². The van der Waals surface area contributed by atoms with Crippen LogP contribution in [0.4, 0.5) is 67.4 Å². The molecule has 0 aliphatic heterocycles. The third-order valence-corrected chi connectivity index (χ3v) is 6.57. The molecule has 0 radical (unpaired) electrons. The van der Waals surface area contributed by atoms with E-state index in [2.05, 4.69) is 36.1 Å². The van der Waals surface area contributed by atoms with Crippen molar-refractivity contribution in [2.45, 2.75) is 84.2 Å². The Morgan fingerprint density at radius 3 is 1.63 bits per heavy atom. The number of alkyl carbamates (subject to hydrolysis) is 1. The highest BCUT2D eigenvalue weighted by Crippen LogP contribution is 2.36. The summed E-state index contributed by atoms with van der Waals surface area (Å²) in [5.41, 5.74) is 20.4. The van der Waals surface area contributed by atoms with Crippen LogP contribution in [0.15, 0.2) is 73.2 Å². The molecule has 0 aliphatic carbocycles. The van der Waals surface area contributed by atoms with Gasteiger partial charge in [0.25, 0.3) is 0 Å². The third kappa shape index (κ3) is 19.6. The molecule has 10 N–H and O–H groups in total. The largest absolute Gasteiger partial charge is 0.471 e. The van der Waals surface area contributed by atoms with Crippen LogP contribution in [0.25, 0.3) is 0 Å². The van der Waals surface area contributed by atoms with Gasteiger partial charge in [0.2, 0.25) is 5.95 Å². The number of benzene rings is 2. The van der Waals surface area contributed by atoms with Gasteiger partial charge in [0, 0.05) is 30.2 Å². The van der Waals surface area contributed by atoms with E-state index in [1.54, 1.807) is 23.6 Å². The summed E-state index contributed by atoms with van der Waals surface area (Å²) >= 11 is 0. The normalized spacial score (nSPS) is 11.7. The second kappa shape index (κ2) is 20.4. The minimum absolute atomic E-state index is 0.0153. The molecule has 2 aromatic heterocycles.